The highest BCUT2D eigenvalue weighted by atomic mass is 79.9. The molecule has 0 bridgehead atoms. The van der Waals surface area contributed by atoms with Gasteiger partial charge in [0.15, 0.2) is 11.5 Å². The smallest absolute Gasteiger partial charge is 0.162 e. The molecule has 8 heteroatoms. The van der Waals surface area contributed by atoms with Crippen LogP contribution in [0.5, 0.6) is 11.5 Å². The number of hydrogen-bond acceptors (Lipinski definition) is 6. The summed E-state index contributed by atoms with van der Waals surface area (Å²) >= 11 is 3.24. The van der Waals surface area contributed by atoms with E-state index in [9.17, 15) is 9.50 Å². The zero-order chi connectivity index (χ0) is 20.8. The van der Waals surface area contributed by atoms with E-state index in [0.717, 1.165) is 36.9 Å². The van der Waals surface area contributed by atoms with Gasteiger partial charge in [-0.2, -0.15) is 0 Å². The molecule has 3 aromatic rings. The maximum absolute atomic E-state index is 14.1. The average Bonchev–Trinajstić information content (AvgIpc) is 2.71. The van der Waals surface area contributed by atoms with Gasteiger partial charge in [0.25, 0.3) is 0 Å². The van der Waals surface area contributed by atoms with Gasteiger partial charge in [0, 0.05) is 23.7 Å². The molecule has 0 amide bonds. The summed E-state index contributed by atoms with van der Waals surface area (Å²) in [6, 6.07) is 6.39. The number of rotatable bonds is 9. The summed E-state index contributed by atoms with van der Waals surface area (Å²) in [7, 11) is 1.48. The molecule has 6 nitrogen and oxygen atoms in total. The van der Waals surface area contributed by atoms with Crippen LogP contribution in [-0.4, -0.2) is 33.9 Å². The number of unbranched alkanes of at least 4 members (excludes halogenated alkanes) is 3. The van der Waals surface area contributed by atoms with Crippen molar-refractivity contribution in [3.8, 4) is 11.5 Å². The summed E-state index contributed by atoms with van der Waals surface area (Å²) in [5, 5.41) is 22.9. The Labute approximate surface area is 176 Å². The summed E-state index contributed by atoms with van der Waals surface area (Å²) in [5.41, 5.74) is 2.18. The van der Waals surface area contributed by atoms with E-state index in [0.29, 0.717) is 33.4 Å². The van der Waals surface area contributed by atoms with Crippen LogP contribution in [0.25, 0.3) is 10.9 Å². The number of aromatic nitrogens is 2. The van der Waals surface area contributed by atoms with Crippen molar-refractivity contribution >= 4 is 38.3 Å². The first-order valence-electron chi connectivity index (χ1n) is 9.41. The number of anilines is 2. The maximum atomic E-state index is 14.1. The lowest BCUT2D eigenvalue weighted by molar-refractivity contribution is 0.282. The van der Waals surface area contributed by atoms with Crippen LogP contribution in [0.4, 0.5) is 15.9 Å². The molecule has 3 N–H and O–H groups in total. The lowest BCUT2D eigenvalue weighted by Gasteiger charge is -2.15. The van der Waals surface area contributed by atoms with Gasteiger partial charge in [0.05, 0.1) is 17.1 Å². The highest BCUT2D eigenvalue weighted by molar-refractivity contribution is 9.10. The van der Waals surface area contributed by atoms with Gasteiger partial charge in [-0.25, -0.2) is 14.4 Å². The van der Waals surface area contributed by atoms with Gasteiger partial charge in [-0.05, 0) is 59.0 Å². The van der Waals surface area contributed by atoms with Crippen LogP contribution in [0.3, 0.4) is 0 Å². The standard InChI is InChI=1S/C21H23BrFN3O3/c1-29-20-11-18-14(9-19(20)28)21(25-12-24-18)26-17-10-15(22)16(23)8-13(17)6-4-2-3-5-7-27/h8-12,27-28H,2-7H2,1H3,(H,24,25,26). The van der Waals surface area contributed by atoms with Crippen molar-refractivity contribution in [2.24, 2.45) is 0 Å². The van der Waals surface area contributed by atoms with Crippen molar-refractivity contribution in [3.63, 3.8) is 0 Å². The average molecular weight is 464 g/mol. The molecule has 0 fully saturated rings. The Bertz CT molecular complexity index is 1000. The number of aryl methyl sites for hydroxylation is 1. The molecule has 0 aliphatic rings. The van der Waals surface area contributed by atoms with Gasteiger partial charge >= 0.3 is 0 Å². The van der Waals surface area contributed by atoms with Crippen molar-refractivity contribution in [3.05, 3.63) is 46.4 Å². The molecule has 0 unspecified atom stereocenters. The zero-order valence-corrected chi connectivity index (χ0v) is 17.7. The summed E-state index contributed by atoms with van der Waals surface area (Å²) in [4.78, 5) is 8.54. The van der Waals surface area contributed by atoms with Crippen LogP contribution in [0, 0.1) is 5.82 Å². The van der Waals surface area contributed by atoms with Crippen molar-refractivity contribution in [2.45, 2.75) is 32.1 Å². The van der Waals surface area contributed by atoms with E-state index in [1.165, 1.54) is 19.5 Å². The molecular weight excluding hydrogens is 441 g/mol. The number of nitrogens with one attached hydrogen (secondary N) is 1. The molecule has 154 valence electrons. The molecule has 0 aliphatic heterocycles. The number of phenolic OH excluding ortho intramolecular Hbond substituents is 1. The van der Waals surface area contributed by atoms with E-state index >= 15 is 0 Å². The largest absolute Gasteiger partial charge is 0.504 e. The second-order valence-corrected chi connectivity index (χ2v) is 7.55. The van der Waals surface area contributed by atoms with Crippen LogP contribution in [0.1, 0.15) is 31.2 Å². The SMILES string of the molecule is COc1cc2ncnc(Nc3cc(Br)c(F)cc3CCCCCCO)c2cc1O. The predicted molar refractivity (Wildman–Crippen MR) is 114 cm³/mol. The van der Waals surface area contributed by atoms with Crippen molar-refractivity contribution in [2.75, 3.05) is 19.0 Å². The third kappa shape index (κ3) is 5.13. The number of fused-ring (bicyclic) bond motifs is 1. The summed E-state index contributed by atoms with van der Waals surface area (Å²) in [5.74, 6) is 0.501. The number of aromatic hydroxyl groups is 1. The van der Waals surface area contributed by atoms with Crippen LogP contribution in [-0.2, 0) is 6.42 Å². The monoisotopic (exact) mass is 463 g/mol. The molecule has 29 heavy (non-hydrogen) atoms. The second-order valence-electron chi connectivity index (χ2n) is 6.70. The highest BCUT2D eigenvalue weighted by Crippen LogP contribution is 2.35. The van der Waals surface area contributed by atoms with Crippen LogP contribution < -0.4 is 10.1 Å². The van der Waals surface area contributed by atoms with E-state index in [2.05, 4.69) is 31.2 Å². The van der Waals surface area contributed by atoms with Crippen LogP contribution >= 0.6 is 15.9 Å². The fraction of sp³-hybridized carbons (Fsp3) is 0.333. The first kappa shape index (κ1) is 21.3. The molecule has 0 saturated heterocycles. The van der Waals surface area contributed by atoms with Gasteiger partial charge in [-0.15, -0.1) is 0 Å². The minimum atomic E-state index is -0.323. The summed E-state index contributed by atoms with van der Waals surface area (Å²) < 4.78 is 19.6. The molecule has 0 radical (unpaired) electrons. The highest BCUT2D eigenvalue weighted by Gasteiger charge is 2.13. The fourth-order valence-electron chi connectivity index (χ4n) is 3.16. The topological polar surface area (TPSA) is 87.5 Å². The van der Waals surface area contributed by atoms with Crippen molar-refractivity contribution in [1.82, 2.24) is 9.97 Å². The van der Waals surface area contributed by atoms with E-state index in [4.69, 9.17) is 9.84 Å². The zero-order valence-electron chi connectivity index (χ0n) is 16.1. The number of hydrogen-bond donors (Lipinski definition) is 3. The van der Waals surface area contributed by atoms with Gasteiger partial charge in [-0.3, -0.25) is 0 Å². The second kappa shape index (κ2) is 9.84. The molecular formula is C21H23BrFN3O3. The minimum Gasteiger partial charge on any atom is -0.504 e. The predicted octanol–water partition coefficient (Wildman–Crippen LogP) is 5.08. The molecule has 1 aromatic heterocycles. The van der Waals surface area contributed by atoms with Crippen LogP contribution in [0.2, 0.25) is 0 Å². The first-order chi connectivity index (χ1) is 14.0. The Kier molecular flexibility index (Phi) is 7.22. The molecule has 0 atom stereocenters. The van der Waals surface area contributed by atoms with E-state index in [-0.39, 0.29) is 18.2 Å². The Hall–Kier alpha value is -2.45. The first-order valence-corrected chi connectivity index (χ1v) is 10.2. The number of aliphatic hydroxyl groups is 1. The fourth-order valence-corrected chi connectivity index (χ4v) is 3.50. The van der Waals surface area contributed by atoms with E-state index in [1.54, 1.807) is 18.2 Å². The normalized spacial score (nSPS) is 11.0. The number of aliphatic hydroxyl groups excluding tert-OH is 1. The number of benzene rings is 2. The van der Waals surface area contributed by atoms with Crippen molar-refractivity contribution < 1.29 is 19.3 Å². The number of ether oxygens (including phenoxy) is 1. The molecule has 2 aromatic carbocycles. The lowest BCUT2D eigenvalue weighted by Crippen LogP contribution is -2.01. The Balaban J connectivity index is 1.91. The van der Waals surface area contributed by atoms with Gasteiger partial charge < -0.3 is 20.3 Å². The maximum Gasteiger partial charge on any atom is 0.162 e. The number of nitrogens with zero attached hydrogens (tertiary/aromatic N) is 2. The summed E-state index contributed by atoms with van der Waals surface area (Å²) in [6.07, 6.45) is 5.68. The van der Waals surface area contributed by atoms with Gasteiger partial charge in [-0.1, -0.05) is 12.8 Å². The Morgan fingerprint density at radius 2 is 1.90 bits per heavy atom. The number of halogens is 2. The molecule has 3 rings (SSSR count). The summed E-state index contributed by atoms with van der Waals surface area (Å²) in [6.45, 7) is 0.193. The lowest BCUT2D eigenvalue weighted by atomic mass is 10.0. The van der Waals surface area contributed by atoms with Crippen molar-refractivity contribution in [1.29, 1.82) is 0 Å². The number of phenols is 1. The minimum absolute atomic E-state index is 0.0118. The number of methoxy groups -OCH3 is 1. The molecule has 0 aliphatic carbocycles. The molecule has 0 spiro atoms. The Morgan fingerprint density at radius 1 is 1.10 bits per heavy atom. The van der Waals surface area contributed by atoms with Gasteiger partial charge in [0.2, 0.25) is 0 Å². The molecule has 0 saturated carbocycles. The van der Waals surface area contributed by atoms with E-state index in [1.807, 2.05) is 0 Å². The van der Waals surface area contributed by atoms with E-state index < -0.39 is 0 Å². The molecule has 1 heterocycles. The Morgan fingerprint density at radius 3 is 2.66 bits per heavy atom. The van der Waals surface area contributed by atoms with Gasteiger partial charge in [0.1, 0.15) is 18.0 Å². The third-order valence-electron chi connectivity index (χ3n) is 4.69. The quantitative estimate of drug-likeness (QED) is 0.383. The third-order valence-corrected chi connectivity index (χ3v) is 5.30. The van der Waals surface area contributed by atoms with Crippen LogP contribution in [0.15, 0.2) is 35.1 Å².